The molecule has 0 bridgehead atoms. The Hall–Kier alpha value is -1.83. The molecule has 7 heteroatoms. The van der Waals surface area contributed by atoms with Gasteiger partial charge in [-0.05, 0) is 49.7 Å². The number of aliphatic hydroxyl groups is 3. The van der Waals surface area contributed by atoms with Gasteiger partial charge in [-0.15, -0.1) is 0 Å². The molecule has 0 aromatic rings. The third-order valence-corrected chi connectivity index (χ3v) is 8.80. The molecule has 4 aliphatic rings. The smallest absolute Gasteiger partial charge is 0.312 e. The summed E-state index contributed by atoms with van der Waals surface area (Å²) in [5.74, 6) is -3.07. The molecule has 0 aromatic heterocycles. The van der Waals surface area contributed by atoms with Crippen LogP contribution in [0, 0.1) is 34.5 Å². The fourth-order valence-electron chi connectivity index (χ4n) is 7.41. The lowest BCUT2D eigenvalue weighted by molar-refractivity contribution is -0.190. The van der Waals surface area contributed by atoms with Crippen molar-refractivity contribution in [2.75, 3.05) is 13.7 Å². The number of Topliss-reactive ketones (excluding diaryl/α,β-unsaturated/α-hetero) is 1. The van der Waals surface area contributed by atoms with Crippen molar-refractivity contribution in [1.82, 2.24) is 0 Å². The Labute approximate surface area is 175 Å². The van der Waals surface area contributed by atoms with E-state index in [9.17, 15) is 29.7 Å². The summed E-state index contributed by atoms with van der Waals surface area (Å²) in [4.78, 5) is 37.2. The monoisotopic (exact) mass is 418 g/mol. The molecule has 7 nitrogen and oxygen atoms in total. The molecule has 4 aliphatic carbocycles. The number of methoxy groups -OCH3 is 1. The Morgan fingerprint density at radius 2 is 2.00 bits per heavy atom. The average molecular weight is 418 g/mol. The summed E-state index contributed by atoms with van der Waals surface area (Å²) in [6.45, 7) is 2.90. The Morgan fingerprint density at radius 1 is 1.30 bits per heavy atom. The number of carbonyl (C=O) groups excluding carboxylic acids is 3. The van der Waals surface area contributed by atoms with Gasteiger partial charge in [0.05, 0.1) is 19.1 Å². The zero-order valence-electron chi connectivity index (χ0n) is 17.6. The SMILES string of the molecule is COC(=O)C1CC2C3CCC4=CC(=O)C=CC4(C)C3C(O)CC2(C)C1(O)C(=O)CO. The largest absolute Gasteiger partial charge is 0.469 e. The Balaban J connectivity index is 1.81. The minimum atomic E-state index is -2.10. The van der Waals surface area contributed by atoms with E-state index in [4.69, 9.17) is 4.74 Å². The van der Waals surface area contributed by atoms with E-state index in [0.717, 1.165) is 5.57 Å². The van der Waals surface area contributed by atoms with Gasteiger partial charge in [-0.25, -0.2) is 0 Å². The summed E-state index contributed by atoms with van der Waals surface area (Å²) >= 11 is 0. The van der Waals surface area contributed by atoms with Gasteiger partial charge in [0, 0.05) is 16.7 Å². The molecule has 164 valence electrons. The highest BCUT2D eigenvalue weighted by Crippen LogP contribution is 2.68. The second-order valence-corrected chi connectivity index (χ2v) is 9.87. The molecule has 4 rings (SSSR count). The lowest BCUT2D eigenvalue weighted by Crippen LogP contribution is -2.63. The van der Waals surface area contributed by atoms with Gasteiger partial charge in [0.15, 0.2) is 11.6 Å². The number of esters is 1. The third kappa shape index (κ3) is 2.52. The minimum Gasteiger partial charge on any atom is -0.469 e. The standard InChI is InChI=1S/C23H30O7/c1-21-7-6-13(25)8-12(21)4-5-14-15-9-16(20(28)30-3)23(29,18(27)11-24)22(15,2)10-17(26)19(14)21/h6-8,14-17,19,24,26,29H,4-5,9-11H2,1-3H3. The molecule has 0 aromatic carbocycles. The molecule has 0 amide bonds. The fraction of sp³-hybridized carbons (Fsp3) is 0.696. The first-order valence-corrected chi connectivity index (χ1v) is 10.6. The number of hydrogen-bond acceptors (Lipinski definition) is 7. The van der Waals surface area contributed by atoms with Gasteiger partial charge in [0.2, 0.25) is 0 Å². The normalized spacial score (nSPS) is 47.1. The van der Waals surface area contributed by atoms with E-state index in [1.54, 1.807) is 19.1 Å². The molecule has 0 radical (unpaired) electrons. The van der Waals surface area contributed by atoms with Crippen molar-refractivity contribution in [2.24, 2.45) is 34.5 Å². The minimum absolute atomic E-state index is 0.0496. The van der Waals surface area contributed by atoms with Crippen LogP contribution in [-0.2, 0) is 19.1 Å². The van der Waals surface area contributed by atoms with Crippen molar-refractivity contribution in [3.63, 3.8) is 0 Å². The van der Waals surface area contributed by atoms with Crippen LogP contribution in [0.1, 0.15) is 39.5 Å². The van der Waals surface area contributed by atoms with Crippen LogP contribution in [0.4, 0.5) is 0 Å². The molecule has 3 saturated carbocycles. The predicted molar refractivity (Wildman–Crippen MR) is 106 cm³/mol. The zero-order chi connectivity index (χ0) is 22.1. The van der Waals surface area contributed by atoms with Crippen molar-refractivity contribution in [3.05, 3.63) is 23.8 Å². The van der Waals surface area contributed by atoms with Crippen LogP contribution in [0.2, 0.25) is 0 Å². The summed E-state index contributed by atoms with van der Waals surface area (Å²) < 4.78 is 4.90. The van der Waals surface area contributed by atoms with E-state index >= 15 is 0 Å². The number of fused-ring (bicyclic) bond motifs is 5. The summed E-state index contributed by atoms with van der Waals surface area (Å²) in [6, 6.07) is 0. The second-order valence-electron chi connectivity index (χ2n) is 9.87. The van der Waals surface area contributed by atoms with Crippen molar-refractivity contribution in [1.29, 1.82) is 0 Å². The fourth-order valence-corrected chi connectivity index (χ4v) is 7.41. The first-order valence-electron chi connectivity index (χ1n) is 10.6. The Morgan fingerprint density at radius 3 is 2.63 bits per heavy atom. The number of rotatable bonds is 3. The first kappa shape index (κ1) is 21.4. The molecule has 3 N–H and O–H groups in total. The quantitative estimate of drug-likeness (QED) is 0.584. The highest BCUT2D eigenvalue weighted by atomic mass is 16.5. The maximum absolute atomic E-state index is 12.8. The highest BCUT2D eigenvalue weighted by Gasteiger charge is 2.72. The molecule has 0 aliphatic heterocycles. The van der Waals surface area contributed by atoms with E-state index in [1.165, 1.54) is 7.11 Å². The van der Waals surface area contributed by atoms with Crippen LogP contribution in [0.15, 0.2) is 23.8 Å². The topological polar surface area (TPSA) is 121 Å². The molecule has 0 spiro atoms. The van der Waals surface area contributed by atoms with E-state index in [-0.39, 0.29) is 36.4 Å². The number of aliphatic hydroxyl groups excluding tert-OH is 2. The summed E-state index contributed by atoms with van der Waals surface area (Å²) in [5.41, 5.74) is -2.65. The van der Waals surface area contributed by atoms with Gasteiger partial charge in [-0.3, -0.25) is 14.4 Å². The van der Waals surface area contributed by atoms with Crippen molar-refractivity contribution >= 4 is 17.5 Å². The molecular weight excluding hydrogens is 388 g/mol. The van der Waals surface area contributed by atoms with Crippen LogP contribution < -0.4 is 0 Å². The highest BCUT2D eigenvalue weighted by molar-refractivity contribution is 6.01. The number of carbonyl (C=O) groups is 3. The number of allylic oxidation sites excluding steroid dienone is 4. The lowest BCUT2D eigenvalue weighted by atomic mass is 9.46. The summed E-state index contributed by atoms with van der Waals surface area (Å²) in [6.07, 6.45) is 6.02. The maximum Gasteiger partial charge on any atom is 0.312 e. The summed E-state index contributed by atoms with van der Waals surface area (Å²) in [5, 5.41) is 32.5. The van der Waals surface area contributed by atoms with Crippen molar-refractivity contribution < 1.29 is 34.4 Å². The lowest BCUT2D eigenvalue weighted by Gasteiger charge is -2.59. The summed E-state index contributed by atoms with van der Waals surface area (Å²) in [7, 11) is 1.22. The zero-order valence-corrected chi connectivity index (χ0v) is 17.6. The molecular formula is C23H30O7. The van der Waals surface area contributed by atoms with E-state index in [1.807, 2.05) is 13.0 Å². The number of ketones is 2. The van der Waals surface area contributed by atoms with Crippen LogP contribution in [0.3, 0.4) is 0 Å². The molecule has 0 heterocycles. The van der Waals surface area contributed by atoms with Crippen molar-refractivity contribution in [3.8, 4) is 0 Å². The van der Waals surface area contributed by atoms with Gasteiger partial charge in [0.25, 0.3) is 0 Å². The first-order chi connectivity index (χ1) is 14.0. The predicted octanol–water partition coefficient (Wildman–Crippen LogP) is 0.957. The van der Waals surface area contributed by atoms with Gasteiger partial charge in [0.1, 0.15) is 12.2 Å². The average Bonchev–Trinajstić information content (AvgIpc) is 2.95. The van der Waals surface area contributed by atoms with Crippen LogP contribution in [0.5, 0.6) is 0 Å². The van der Waals surface area contributed by atoms with Gasteiger partial charge >= 0.3 is 5.97 Å². The second kappa shape index (κ2) is 6.84. The maximum atomic E-state index is 12.8. The number of ether oxygens (including phenoxy) is 1. The van der Waals surface area contributed by atoms with E-state index in [2.05, 4.69) is 0 Å². The van der Waals surface area contributed by atoms with Gasteiger partial charge in [-0.2, -0.15) is 0 Å². The van der Waals surface area contributed by atoms with Crippen LogP contribution in [-0.4, -0.2) is 58.3 Å². The molecule has 30 heavy (non-hydrogen) atoms. The molecule has 8 atom stereocenters. The molecule has 3 fully saturated rings. The van der Waals surface area contributed by atoms with Crippen molar-refractivity contribution in [2.45, 2.75) is 51.2 Å². The van der Waals surface area contributed by atoms with Crippen LogP contribution in [0.25, 0.3) is 0 Å². The van der Waals surface area contributed by atoms with E-state index < -0.39 is 46.8 Å². The molecule has 8 unspecified atom stereocenters. The Bertz CT molecular complexity index is 860. The number of hydrogen-bond donors (Lipinski definition) is 3. The van der Waals surface area contributed by atoms with E-state index in [0.29, 0.717) is 12.8 Å². The third-order valence-electron chi connectivity index (χ3n) is 8.80. The Kier molecular flexibility index (Phi) is 4.88. The van der Waals surface area contributed by atoms with Gasteiger partial charge in [-0.1, -0.05) is 25.5 Å². The molecule has 0 saturated heterocycles. The van der Waals surface area contributed by atoms with Crippen LogP contribution >= 0.6 is 0 Å². The van der Waals surface area contributed by atoms with Gasteiger partial charge < -0.3 is 20.1 Å².